The van der Waals surface area contributed by atoms with E-state index in [1.54, 1.807) is 42.4 Å². The van der Waals surface area contributed by atoms with Gasteiger partial charge in [0.05, 0.1) is 12.7 Å². The van der Waals surface area contributed by atoms with Crippen molar-refractivity contribution in [3.05, 3.63) is 106 Å². The Hall–Kier alpha value is -3.42. The molecule has 0 aromatic heterocycles. The van der Waals surface area contributed by atoms with Crippen LogP contribution in [-0.2, 0) is 10.4 Å². The maximum Gasteiger partial charge on any atom is 0.270 e. The lowest BCUT2D eigenvalue weighted by molar-refractivity contribution is -0.131. The van der Waals surface area contributed by atoms with E-state index in [2.05, 4.69) is 21.2 Å². The second-order valence-electron chi connectivity index (χ2n) is 8.48. The summed E-state index contributed by atoms with van der Waals surface area (Å²) < 4.78 is 6.10. The highest BCUT2D eigenvalue weighted by Crippen LogP contribution is 2.33. The standard InChI is InChI=1S/C28H27BrN2O4/c1-35-24-13-7-21(8-14-24)26(32)30-25(19-20-5-3-2-4-6-20)27(33)31-17-15-28(34,16-18-31)22-9-11-23(29)12-10-22/h2-14,19,34H,15-18H2,1H3,(H,30,32). The van der Waals surface area contributed by atoms with E-state index in [1.165, 1.54) is 0 Å². The molecule has 1 saturated heterocycles. The van der Waals surface area contributed by atoms with Crippen LogP contribution in [0.1, 0.15) is 34.3 Å². The number of halogens is 1. The zero-order chi connectivity index (χ0) is 24.8. The molecule has 35 heavy (non-hydrogen) atoms. The van der Waals surface area contributed by atoms with E-state index in [0.29, 0.717) is 37.2 Å². The fourth-order valence-electron chi connectivity index (χ4n) is 4.10. The molecule has 1 heterocycles. The summed E-state index contributed by atoms with van der Waals surface area (Å²) in [6, 6.07) is 23.7. The van der Waals surface area contributed by atoms with Crippen molar-refractivity contribution in [1.82, 2.24) is 10.2 Å². The number of nitrogens with zero attached hydrogens (tertiary/aromatic N) is 1. The van der Waals surface area contributed by atoms with Gasteiger partial charge in [-0.25, -0.2) is 0 Å². The van der Waals surface area contributed by atoms with Crippen molar-refractivity contribution < 1.29 is 19.4 Å². The molecule has 180 valence electrons. The van der Waals surface area contributed by atoms with E-state index in [4.69, 9.17) is 4.74 Å². The van der Waals surface area contributed by atoms with Gasteiger partial charge in [-0.2, -0.15) is 0 Å². The summed E-state index contributed by atoms with van der Waals surface area (Å²) in [5.74, 6) is -0.0237. The lowest BCUT2D eigenvalue weighted by Gasteiger charge is -2.38. The first-order chi connectivity index (χ1) is 16.9. The van der Waals surface area contributed by atoms with Gasteiger partial charge in [0.25, 0.3) is 11.8 Å². The molecule has 6 nitrogen and oxygen atoms in total. The van der Waals surface area contributed by atoms with E-state index in [9.17, 15) is 14.7 Å². The number of ether oxygens (including phenoxy) is 1. The number of carbonyl (C=O) groups excluding carboxylic acids is 2. The number of benzene rings is 3. The Morgan fingerprint density at radius 3 is 2.20 bits per heavy atom. The maximum atomic E-state index is 13.5. The first-order valence-electron chi connectivity index (χ1n) is 11.4. The van der Waals surface area contributed by atoms with Crippen LogP contribution >= 0.6 is 15.9 Å². The number of aliphatic hydroxyl groups is 1. The molecule has 0 atom stereocenters. The van der Waals surface area contributed by atoms with Crippen LogP contribution in [0.5, 0.6) is 5.75 Å². The molecule has 0 unspecified atom stereocenters. The summed E-state index contributed by atoms with van der Waals surface area (Å²) >= 11 is 3.42. The summed E-state index contributed by atoms with van der Waals surface area (Å²) in [4.78, 5) is 28.1. The number of rotatable bonds is 6. The quantitative estimate of drug-likeness (QED) is 0.447. The zero-order valence-corrected chi connectivity index (χ0v) is 21.0. The molecule has 4 rings (SSSR count). The SMILES string of the molecule is COc1ccc(C(=O)NC(=Cc2ccccc2)C(=O)N2CCC(O)(c3ccc(Br)cc3)CC2)cc1. The Kier molecular flexibility index (Phi) is 7.68. The normalized spacial score (nSPS) is 15.4. The molecule has 7 heteroatoms. The molecule has 3 aromatic rings. The van der Waals surface area contributed by atoms with Crippen LogP contribution in [0.3, 0.4) is 0 Å². The fourth-order valence-corrected chi connectivity index (χ4v) is 4.37. The summed E-state index contributed by atoms with van der Waals surface area (Å²) in [6.45, 7) is 0.742. The van der Waals surface area contributed by atoms with Gasteiger partial charge in [-0.15, -0.1) is 0 Å². The average Bonchev–Trinajstić information content (AvgIpc) is 2.89. The van der Waals surface area contributed by atoms with Crippen LogP contribution < -0.4 is 10.1 Å². The Morgan fingerprint density at radius 2 is 1.60 bits per heavy atom. The number of nitrogens with one attached hydrogen (secondary N) is 1. The Bertz CT molecular complexity index is 1200. The van der Waals surface area contributed by atoms with Gasteiger partial charge in [0.2, 0.25) is 0 Å². The van der Waals surface area contributed by atoms with Crippen LogP contribution in [-0.4, -0.2) is 42.0 Å². The third-order valence-electron chi connectivity index (χ3n) is 6.20. The van der Waals surface area contributed by atoms with Crippen molar-refractivity contribution in [2.45, 2.75) is 18.4 Å². The van der Waals surface area contributed by atoms with Crippen molar-refractivity contribution in [2.24, 2.45) is 0 Å². The number of hydrogen-bond acceptors (Lipinski definition) is 4. The fraction of sp³-hybridized carbons (Fsp3) is 0.214. The van der Waals surface area contributed by atoms with Gasteiger partial charge in [0.1, 0.15) is 11.4 Å². The van der Waals surface area contributed by atoms with E-state index in [0.717, 1.165) is 15.6 Å². The molecule has 1 fully saturated rings. The number of likely N-dealkylation sites (tertiary alicyclic amines) is 1. The number of piperidine rings is 1. The minimum absolute atomic E-state index is 0.186. The van der Waals surface area contributed by atoms with Crippen molar-refractivity contribution in [3.63, 3.8) is 0 Å². The predicted molar refractivity (Wildman–Crippen MR) is 139 cm³/mol. The highest BCUT2D eigenvalue weighted by Gasteiger charge is 2.36. The first kappa shape index (κ1) is 24.7. The van der Waals surface area contributed by atoms with Crippen LogP contribution in [0.4, 0.5) is 0 Å². The van der Waals surface area contributed by atoms with Crippen LogP contribution in [0.25, 0.3) is 6.08 Å². The Balaban J connectivity index is 1.52. The topological polar surface area (TPSA) is 78.9 Å². The molecule has 0 radical (unpaired) electrons. The minimum atomic E-state index is -0.993. The van der Waals surface area contributed by atoms with Crippen molar-refractivity contribution in [1.29, 1.82) is 0 Å². The van der Waals surface area contributed by atoms with Gasteiger partial charge in [-0.05, 0) is 66.4 Å². The largest absolute Gasteiger partial charge is 0.497 e. The summed E-state index contributed by atoms with van der Waals surface area (Å²) in [7, 11) is 1.56. The summed E-state index contributed by atoms with van der Waals surface area (Å²) in [6.07, 6.45) is 2.50. The molecule has 0 bridgehead atoms. The highest BCUT2D eigenvalue weighted by molar-refractivity contribution is 9.10. The maximum absolute atomic E-state index is 13.5. The van der Waals surface area contributed by atoms with Crippen LogP contribution in [0.15, 0.2) is 89.0 Å². The number of hydrogen-bond donors (Lipinski definition) is 2. The third kappa shape index (κ3) is 5.99. The molecule has 0 spiro atoms. The Labute approximate surface area is 213 Å². The molecule has 3 aromatic carbocycles. The number of amides is 2. The summed E-state index contributed by atoms with van der Waals surface area (Å²) in [5, 5.41) is 14.0. The van der Waals surface area contributed by atoms with Crippen molar-refractivity contribution in [2.75, 3.05) is 20.2 Å². The zero-order valence-electron chi connectivity index (χ0n) is 19.4. The smallest absolute Gasteiger partial charge is 0.270 e. The summed E-state index contributed by atoms with van der Waals surface area (Å²) in [5.41, 5.74) is 1.24. The third-order valence-corrected chi connectivity index (χ3v) is 6.73. The van der Waals surface area contributed by atoms with Gasteiger partial charge >= 0.3 is 0 Å². The van der Waals surface area contributed by atoms with Crippen LogP contribution in [0, 0.1) is 0 Å². The van der Waals surface area contributed by atoms with E-state index in [-0.39, 0.29) is 17.5 Å². The minimum Gasteiger partial charge on any atom is -0.497 e. The molecule has 1 aliphatic heterocycles. The van der Waals surface area contributed by atoms with Crippen molar-refractivity contribution >= 4 is 33.8 Å². The number of carbonyl (C=O) groups is 2. The van der Waals surface area contributed by atoms with E-state index < -0.39 is 5.60 Å². The molecule has 1 aliphatic rings. The molecule has 2 N–H and O–H groups in total. The van der Waals surface area contributed by atoms with Crippen LogP contribution in [0.2, 0.25) is 0 Å². The van der Waals surface area contributed by atoms with Gasteiger partial charge in [-0.1, -0.05) is 58.4 Å². The monoisotopic (exact) mass is 534 g/mol. The van der Waals surface area contributed by atoms with Gasteiger partial charge in [-0.3, -0.25) is 9.59 Å². The first-order valence-corrected chi connectivity index (χ1v) is 12.2. The van der Waals surface area contributed by atoms with Crippen molar-refractivity contribution in [3.8, 4) is 5.75 Å². The highest BCUT2D eigenvalue weighted by atomic mass is 79.9. The second-order valence-corrected chi connectivity index (χ2v) is 9.40. The molecular weight excluding hydrogens is 508 g/mol. The predicted octanol–water partition coefficient (Wildman–Crippen LogP) is 4.74. The van der Waals surface area contributed by atoms with E-state index in [1.807, 2.05) is 54.6 Å². The molecule has 0 saturated carbocycles. The lowest BCUT2D eigenvalue weighted by Crippen LogP contribution is -2.47. The average molecular weight is 535 g/mol. The lowest BCUT2D eigenvalue weighted by atomic mass is 9.84. The van der Waals surface area contributed by atoms with Gasteiger partial charge in [0.15, 0.2) is 0 Å². The molecule has 0 aliphatic carbocycles. The van der Waals surface area contributed by atoms with E-state index >= 15 is 0 Å². The Morgan fingerprint density at radius 1 is 0.971 bits per heavy atom. The van der Waals surface area contributed by atoms with Gasteiger partial charge < -0.3 is 20.1 Å². The second kappa shape index (κ2) is 10.9. The molecule has 2 amide bonds. The van der Waals surface area contributed by atoms with Gasteiger partial charge in [0, 0.05) is 23.1 Å². The molecular formula is C28H27BrN2O4. The number of methoxy groups -OCH3 is 1.